The number of rotatable bonds is 4. The summed E-state index contributed by atoms with van der Waals surface area (Å²) in [6, 6.07) is 13.5. The van der Waals surface area contributed by atoms with Gasteiger partial charge in [0.2, 0.25) is 0 Å². The first-order chi connectivity index (χ1) is 13.2. The molecule has 27 heavy (non-hydrogen) atoms. The molecule has 0 aliphatic carbocycles. The first-order valence-electron chi connectivity index (χ1n) is 8.12. The molecule has 8 heteroatoms. The van der Waals surface area contributed by atoms with Crippen LogP contribution in [0.5, 0.6) is 0 Å². The summed E-state index contributed by atoms with van der Waals surface area (Å²) < 4.78 is 17.2. The number of thiazole rings is 1. The lowest BCUT2D eigenvalue weighted by Gasteiger charge is -2.04. The molecule has 0 atom stereocenters. The second-order valence-corrected chi connectivity index (χ2v) is 6.58. The Morgan fingerprint density at radius 2 is 1.96 bits per heavy atom. The summed E-state index contributed by atoms with van der Waals surface area (Å²) in [5.74, 6) is -0.637. The van der Waals surface area contributed by atoms with E-state index < -0.39 is 0 Å². The van der Waals surface area contributed by atoms with Crippen LogP contribution in [0.25, 0.3) is 5.69 Å². The lowest BCUT2D eigenvalue weighted by atomic mass is 10.2. The molecule has 0 fully saturated rings. The molecule has 2 aromatic carbocycles. The number of hydrogen-bond acceptors (Lipinski definition) is 4. The summed E-state index contributed by atoms with van der Waals surface area (Å²) in [7, 11) is 0. The zero-order valence-electron chi connectivity index (χ0n) is 14.1. The maximum atomic E-state index is 13.9. The van der Waals surface area contributed by atoms with Crippen molar-refractivity contribution in [2.24, 2.45) is 4.99 Å². The highest BCUT2D eigenvalue weighted by Gasteiger charge is 2.07. The second-order valence-electron chi connectivity index (χ2n) is 5.71. The molecule has 0 N–H and O–H groups in total. The fourth-order valence-electron chi connectivity index (χ4n) is 2.57. The van der Waals surface area contributed by atoms with Gasteiger partial charge in [0, 0.05) is 22.7 Å². The van der Waals surface area contributed by atoms with Gasteiger partial charge in [-0.3, -0.25) is 4.79 Å². The first kappa shape index (κ1) is 17.0. The van der Waals surface area contributed by atoms with Gasteiger partial charge in [-0.2, -0.15) is 10.1 Å². The molecule has 0 saturated carbocycles. The molecule has 4 rings (SSSR count). The number of hydrogen-bond donors (Lipinski definition) is 0. The monoisotopic (exact) mass is 379 g/mol. The molecule has 4 aromatic rings. The van der Waals surface area contributed by atoms with Crippen molar-refractivity contribution in [2.75, 3.05) is 0 Å². The average molecular weight is 379 g/mol. The van der Waals surface area contributed by atoms with Crippen molar-refractivity contribution in [1.29, 1.82) is 0 Å². The molecule has 0 aliphatic heterocycles. The van der Waals surface area contributed by atoms with E-state index in [0.29, 0.717) is 22.5 Å². The number of aromatic nitrogens is 4. The van der Waals surface area contributed by atoms with Crippen LogP contribution in [0.3, 0.4) is 0 Å². The third kappa shape index (κ3) is 3.75. The van der Waals surface area contributed by atoms with Gasteiger partial charge < -0.3 is 4.57 Å². The topological polar surface area (TPSA) is 65.1 Å². The van der Waals surface area contributed by atoms with Gasteiger partial charge in [-0.25, -0.2) is 14.1 Å². The molecular formula is C19H14FN5OS. The highest BCUT2D eigenvalue weighted by atomic mass is 32.1. The van der Waals surface area contributed by atoms with Crippen LogP contribution in [0.4, 0.5) is 4.39 Å². The molecular weight excluding hydrogens is 365 g/mol. The third-order valence-corrected chi connectivity index (χ3v) is 4.75. The van der Waals surface area contributed by atoms with E-state index in [1.165, 1.54) is 23.7 Å². The summed E-state index contributed by atoms with van der Waals surface area (Å²) in [6.45, 7) is 0.313. The van der Waals surface area contributed by atoms with Crippen molar-refractivity contribution in [1.82, 2.24) is 19.3 Å². The minimum Gasteiger partial charge on any atom is -0.319 e. The molecule has 2 aromatic heterocycles. The highest BCUT2D eigenvalue weighted by molar-refractivity contribution is 7.07. The van der Waals surface area contributed by atoms with Crippen molar-refractivity contribution >= 4 is 17.2 Å². The van der Waals surface area contributed by atoms with E-state index >= 15 is 0 Å². The van der Waals surface area contributed by atoms with Crippen LogP contribution in [0.2, 0.25) is 0 Å². The number of halogens is 1. The molecule has 0 spiro atoms. The van der Waals surface area contributed by atoms with Crippen LogP contribution < -0.4 is 4.80 Å². The lowest BCUT2D eigenvalue weighted by Crippen LogP contribution is -2.17. The largest absolute Gasteiger partial charge is 0.319 e. The van der Waals surface area contributed by atoms with Crippen LogP contribution in [-0.4, -0.2) is 25.2 Å². The minimum atomic E-state index is -0.357. The minimum absolute atomic E-state index is 0.280. The molecule has 1 amide bonds. The van der Waals surface area contributed by atoms with Crippen molar-refractivity contribution in [3.63, 3.8) is 0 Å². The van der Waals surface area contributed by atoms with Gasteiger partial charge in [0.1, 0.15) is 18.5 Å². The first-order valence-corrected chi connectivity index (χ1v) is 9.00. The van der Waals surface area contributed by atoms with E-state index in [-0.39, 0.29) is 11.7 Å². The number of carbonyl (C=O) groups is 1. The van der Waals surface area contributed by atoms with Crippen molar-refractivity contribution in [3.05, 3.63) is 94.5 Å². The van der Waals surface area contributed by atoms with Gasteiger partial charge in [-0.1, -0.05) is 18.2 Å². The van der Waals surface area contributed by atoms with Gasteiger partial charge in [0.15, 0.2) is 4.80 Å². The number of carbonyl (C=O) groups excluding carboxylic acids is 1. The molecule has 0 unspecified atom stereocenters. The molecule has 6 nitrogen and oxygen atoms in total. The zero-order chi connectivity index (χ0) is 18.6. The van der Waals surface area contributed by atoms with Crippen LogP contribution >= 0.6 is 11.3 Å². The molecule has 0 saturated heterocycles. The molecule has 0 bridgehead atoms. The Kier molecular flexibility index (Phi) is 4.71. The zero-order valence-corrected chi connectivity index (χ0v) is 14.9. The van der Waals surface area contributed by atoms with Crippen LogP contribution in [0.1, 0.15) is 15.9 Å². The summed E-state index contributed by atoms with van der Waals surface area (Å²) in [5, 5.41) is 5.87. The SMILES string of the molecule is O=C(N=c1sccn1Cc1ccccc1F)c1ccc(-n2cncn2)cc1. The van der Waals surface area contributed by atoms with E-state index in [2.05, 4.69) is 15.1 Å². The fourth-order valence-corrected chi connectivity index (χ4v) is 3.29. The summed E-state index contributed by atoms with van der Waals surface area (Å²) in [4.78, 5) is 21.1. The fraction of sp³-hybridized carbons (Fsp3) is 0.0526. The van der Waals surface area contributed by atoms with Crippen LogP contribution in [-0.2, 0) is 6.54 Å². The van der Waals surface area contributed by atoms with Crippen LogP contribution in [0, 0.1) is 5.82 Å². The van der Waals surface area contributed by atoms with Crippen molar-refractivity contribution < 1.29 is 9.18 Å². The lowest BCUT2D eigenvalue weighted by molar-refractivity contribution is 0.0998. The third-order valence-electron chi connectivity index (χ3n) is 3.95. The highest BCUT2D eigenvalue weighted by Crippen LogP contribution is 2.10. The van der Waals surface area contributed by atoms with Gasteiger partial charge >= 0.3 is 0 Å². The predicted molar refractivity (Wildman–Crippen MR) is 99.1 cm³/mol. The van der Waals surface area contributed by atoms with E-state index in [1.807, 2.05) is 5.38 Å². The standard InChI is InChI=1S/C19H14FN5OS/c20-17-4-2-1-3-15(17)11-24-9-10-27-19(24)23-18(26)14-5-7-16(8-6-14)25-13-21-12-22-25/h1-10,12-13H,11H2. The van der Waals surface area contributed by atoms with Gasteiger partial charge in [-0.15, -0.1) is 11.3 Å². The van der Waals surface area contributed by atoms with Crippen molar-refractivity contribution in [3.8, 4) is 5.69 Å². The van der Waals surface area contributed by atoms with Gasteiger partial charge in [0.25, 0.3) is 5.91 Å². The molecule has 0 radical (unpaired) electrons. The maximum Gasteiger partial charge on any atom is 0.279 e. The van der Waals surface area contributed by atoms with E-state index in [0.717, 1.165) is 5.69 Å². The summed E-state index contributed by atoms with van der Waals surface area (Å²) in [6.07, 6.45) is 4.81. The Labute approximate surface area is 157 Å². The molecule has 2 heterocycles. The van der Waals surface area contributed by atoms with Crippen LogP contribution in [0.15, 0.2) is 77.8 Å². The predicted octanol–water partition coefficient (Wildman–Crippen LogP) is 3.06. The number of benzene rings is 2. The Morgan fingerprint density at radius 1 is 1.15 bits per heavy atom. The van der Waals surface area contributed by atoms with E-state index in [9.17, 15) is 9.18 Å². The Morgan fingerprint density at radius 3 is 2.70 bits per heavy atom. The molecule has 134 valence electrons. The van der Waals surface area contributed by atoms with E-state index in [1.54, 1.807) is 64.2 Å². The quantitative estimate of drug-likeness (QED) is 0.547. The normalized spacial score (nSPS) is 11.7. The Bertz CT molecular complexity index is 1130. The maximum absolute atomic E-state index is 13.9. The average Bonchev–Trinajstić information content (AvgIpc) is 3.36. The second kappa shape index (κ2) is 7.46. The van der Waals surface area contributed by atoms with Gasteiger partial charge in [0.05, 0.1) is 12.2 Å². The van der Waals surface area contributed by atoms with E-state index in [4.69, 9.17) is 0 Å². The molecule has 0 aliphatic rings. The van der Waals surface area contributed by atoms with Crippen molar-refractivity contribution in [2.45, 2.75) is 6.54 Å². The number of nitrogens with zero attached hydrogens (tertiary/aromatic N) is 5. The summed E-state index contributed by atoms with van der Waals surface area (Å²) in [5.41, 5.74) is 1.81. The van der Waals surface area contributed by atoms with Gasteiger partial charge in [-0.05, 0) is 30.3 Å². The smallest absolute Gasteiger partial charge is 0.279 e. The Balaban J connectivity index is 1.58. The summed E-state index contributed by atoms with van der Waals surface area (Å²) >= 11 is 1.33. The number of amides is 1. The Hall–Kier alpha value is -3.39.